The summed E-state index contributed by atoms with van der Waals surface area (Å²) in [5.41, 5.74) is 1.50. The van der Waals surface area contributed by atoms with E-state index in [1.807, 2.05) is 18.2 Å². The number of rotatable bonds is 2. The van der Waals surface area contributed by atoms with Crippen molar-refractivity contribution in [1.82, 2.24) is 0 Å². The zero-order chi connectivity index (χ0) is 12.3. The average Bonchev–Trinajstić information content (AvgIpc) is 2.32. The summed E-state index contributed by atoms with van der Waals surface area (Å²) in [4.78, 5) is 0. The SMILES string of the molecule is N#Cc1c(Br)cccc1NC1CCS(=O)CC1. The van der Waals surface area contributed by atoms with Crippen molar-refractivity contribution < 1.29 is 4.21 Å². The van der Waals surface area contributed by atoms with Crippen LogP contribution in [0.1, 0.15) is 18.4 Å². The normalized spacial score (nSPS) is 24.0. The molecule has 1 N–H and O–H groups in total. The fourth-order valence-electron chi connectivity index (χ4n) is 1.92. The molecule has 1 aromatic carbocycles. The number of hydrogen-bond acceptors (Lipinski definition) is 3. The van der Waals surface area contributed by atoms with E-state index in [1.165, 1.54) is 0 Å². The lowest BCUT2D eigenvalue weighted by molar-refractivity contribution is 0.624. The second kappa shape index (κ2) is 5.65. The van der Waals surface area contributed by atoms with Gasteiger partial charge < -0.3 is 5.32 Å². The lowest BCUT2D eigenvalue weighted by Crippen LogP contribution is -2.29. The lowest BCUT2D eigenvalue weighted by Gasteiger charge is -2.24. The van der Waals surface area contributed by atoms with E-state index in [0.717, 1.165) is 34.5 Å². The molecule has 0 aliphatic carbocycles. The second-order valence-corrected chi connectivity index (χ2v) is 6.59. The Balaban J connectivity index is 2.11. The van der Waals surface area contributed by atoms with Crippen molar-refractivity contribution in [3.05, 3.63) is 28.2 Å². The summed E-state index contributed by atoms with van der Waals surface area (Å²) in [6.07, 6.45) is 1.81. The molecule has 1 fully saturated rings. The molecule has 0 aromatic heterocycles. The third kappa shape index (κ3) is 3.08. The molecule has 1 aromatic rings. The number of nitrogens with zero attached hydrogens (tertiary/aromatic N) is 1. The largest absolute Gasteiger partial charge is 0.381 e. The highest BCUT2D eigenvalue weighted by Gasteiger charge is 2.18. The molecule has 90 valence electrons. The first kappa shape index (κ1) is 12.6. The van der Waals surface area contributed by atoms with E-state index < -0.39 is 10.8 Å². The summed E-state index contributed by atoms with van der Waals surface area (Å²) >= 11 is 3.37. The van der Waals surface area contributed by atoms with E-state index in [2.05, 4.69) is 27.3 Å². The minimum atomic E-state index is -0.645. The third-order valence-electron chi connectivity index (χ3n) is 2.87. The molecule has 1 aliphatic rings. The zero-order valence-electron chi connectivity index (χ0n) is 9.28. The molecule has 5 heteroatoms. The molecule has 0 bridgehead atoms. The summed E-state index contributed by atoms with van der Waals surface area (Å²) in [5.74, 6) is 1.51. The van der Waals surface area contributed by atoms with Crippen LogP contribution in [0.4, 0.5) is 5.69 Å². The Labute approximate surface area is 112 Å². The van der Waals surface area contributed by atoms with Crippen molar-refractivity contribution in [2.75, 3.05) is 16.8 Å². The molecule has 0 unspecified atom stereocenters. The van der Waals surface area contributed by atoms with Crippen molar-refractivity contribution in [2.45, 2.75) is 18.9 Å². The van der Waals surface area contributed by atoms with Crippen molar-refractivity contribution in [3.63, 3.8) is 0 Å². The molecule has 0 spiro atoms. The highest BCUT2D eigenvalue weighted by Crippen LogP contribution is 2.25. The van der Waals surface area contributed by atoms with Crippen LogP contribution in [0.3, 0.4) is 0 Å². The van der Waals surface area contributed by atoms with Gasteiger partial charge in [-0.05, 0) is 40.9 Å². The monoisotopic (exact) mass is 312 g/mol. The van der Waals surface area contributed by atoms with E-state index in [9.17, 15) is 4.21 Å². The van der Waals surface area contributed by atoms with Gasteiger partial charge in [-0.2, -0.15) is 5.26 Å². The summed E-state index contributed by atoms with van der Waals surface area (Å²) in [6, 6.07) is 8.20. The van der Waals surface area contributed by atoms with Crippen LogP contribution in [0.5, 0.6) is 0 Å². The van der Waals surface area contributed by atoms with Gasteiger partial charge in [-0.15, -0.1) is 0 Å². The fourth-order valence-corrected chi connectivity index (χ4v) is 3.67. The van der Waals surface area contributed by atoms with E-state index in [1.54, 1.807) is 0 Å². The molecule has 0 amide bonds. The standard InChI is InChI=1S/C12H13BrN2OS/c13-11-2-1-3-12(10(11)8-14)15-9-4-6-17(16)7-5-9/h1-3,9,15H,4-7H2. The number of halogens is 1. The Hall–Kier alpha value is -0.860. The van der Waals surface area contributed by atoms with Crippen LogP contribution in [-0.4, -0.2) is 21.8 Å². The molecule has 0 saturated carbocycles. The number of nitriles is 1. The summed E-state index contributed by atoms with van der Waals surface area (Å²) in [5, 5.41) is 12.5. The minimum Gasteiger partial charge on any atom is -0.381 e. The summed E-state index contributed by atoms with van der Waals surface area (Å²) < 4.78 is 12.1. The maximum absolute atomic E-state index is 11.3. The van der Waals surface area contributed by atoms with Gasteiger partial charge in [0, 0.05) is 32.8 Å². The third-order valence-corrected chi connectivity index (χ3v) is 4.92. The van der Waals surface area contributed by atoms with Crippen LogP contribution in [0.15, 0.2) is 22.7 Å². The van der Waals surface area contributed by atoms with Gasteiger partial charge in [-0.1, -0.05) is 6.07 Å². The van der Waals surface area contributed by atoms with Crippen molar-refractivity contribution in [3.8, 4) is 6.07 Å². The van der Waals surface area contributed by atoms with Crippen LogP contribution in [0, 0.1) is 11.3 Å². The van der Waals surface area contributed by atoms with Gasteiger partial charge in [0.05, 0.1) is 11.3 Å². The van der Waals surface area contributed by atoms with E-state index in [-0.39, 0.29) is 0 Å². The Morgan fingerprint density at radius 1 is 1.41 bits per heavy atom. The minimum absolute atomic E-state index is 0.328. The van der Waals surface area contributed by atoms with Crippen molar-refractivity contribution in [1.29, 1.82) is 5.26 Å². The Morgan fingerprint density at radius 2 is 2.12 bits per heavy atom. The number of anilines is 1. The average molecular weight is 313 g/mol. The first-order valence-corrected chi connectivity index (χ1v) is 7.79. The van der Waals surface area contributed by atoms with Gasteiger partial charge in [0.25, 0.3) is 0 Å². The summed E-state index contributed by atoms with van der Waals surface area (Å²) in [7, 11) is -0.645. The predicted octanol–water partition coefficient (Wildman–Crippen LogP) is 2.64. The Bertz CT molecular complexity index is 474. The molecule has 0 atom stereocenters. The molecule has 1 saturated heterocycles. The fraction of sp³-hybridized carbons (Fsp3) is 0.417. The smallest absolute Gasteiger partial charge is 0.103 e. The highest BCUT2D eigenvalue weighted by atomic mass is 79.9. The zero-order valence-corrected chi connectivity index (χ0v) is 11.7. The molecular weight excluding hydrogens is 300 g/mol. The topological polar surface area (TPSA) is 52.9 Å². The van der Waals surface area contributed by atoms with Crippen LogP contribution < -0.4 is 5.32 Å². The molecule has 3 nitrogen and oxygen atoms in total. The van der Waals surface area contributed by atoms with Crippen LogP contribution >= 0.6 is 15.9 Å². The van der Waals surface area contributed by atoms with E-state index in [4.69, 9.17) is 5.26 Å². The molecule has 1 aliphatic heterocycles. The predicted molar refractivity (Wildman–Crippen MR) is 73.4 cm³/mol. The van der Waals surface area contributed by atoms with E-state index >= 15 is 0 Å². The Morgan fingerprint density at radius 3 is 2.76 bits per heavy atom. The quantitative estimate of drug-likeness (QED) is 0.913. The van der Waals surface area contributed by atoms with Gasteiger partial charge in [0.1, 0.15) is 6.07 Å². The van der Waals surface area contributed by atoms with Crippen molar-refractivity contribution >= 4 is 32.4 Å². The number of benzene rings is 1. The van der Waals surface area contributed by atoms with Gasteiger partial charge in [0.2, 0.25) is 0 Å². The molecule has 2 rings (SSSR count). The molecule has 1 heterocycles. The van der Waals surface area contributed by atoms with Crippen LogP contribution in [0.2, 0.25) is 0 Å². The van der Waals surface area contributed by atoms with Crippen LogP contribution in [0.25, 0.3) is 0 Å². The van der Waals surface area contributed by atoms with Gasteiger partial charge in [-0.3, -0.25) is 4.21 Å². The first-order valence-electron chi connectivity index (χ1n) is 5.51. The van der Waals surface area contributed by atoms with E-state index in [0.29, 0.717) is 11.6 Å². The lowest BCUT2D eigenvalue weighted by atomic mass is 10.1. The maximum atomic E-state index is 11.3. The molecule has 17 heavy (non-hydrogen) atoms. The van der Waals surface area contributed by atoms with Crippen molar-refractivity contribution in [2.24, 2.45) is 0 Å². The second-order valence-electron chi connectivity index (χ2n) is 4.04. The Kier molecular flexibility index (Phi) is 4.19. The number of nitrogens with one attached hydrogen (secondary N) is 1. The van der Waals surface area contributed by atoms with Crippen LogP contribution in [-0.2, 0) is 10.8 Å². The first-order chi connectivity index (χ1) is 8.20. The van der Waals surface area contributed by atoms with Gasteiger partial charge in [0.15, 0.2) is 0 Å². The molecule has 0 radical (unpaired) electrons. The molecular formula is C12H13BrN2OS. The summed E-state index contributed by atoms with van der Waals surface area (Å²) in [6.45, 7) is 0. The highest BCUT2D eigenvalue weighted by molar-refractivity contribution is 9.10. The number of hydrogen-bond donors (Lipinski definition) is 1. The van der Waals surface area contributed by atoms with Gasteiger partial charge >= 0.3 is 0 Å². The maximum Gasteiger partial charge on any atom is 0.103 e. The van der Waals surface area contributed by atoms with Gasteiger partial charge in [-0.25, -0.2) is 0 Å².